The lowest BCUT2D eigenvalue weighted by Gasteiger charge is -2.28. The average molecular weight is 259 g/mol. The maximum atomic E-state index is 12.1. The Balaban J connectivity index is 1.76. The number of carboxylic acids is 1. The molecule has 4 atom stereocenters. The summed E-state index contributed by atoms with van der Waals surface area (Å²) in [5.41, 5.74) is 0.592. The molecule has 0 aromatic heterocycles. The Morgan fingerprint density at radius 1 is 1.11 bits per heavy atom. The average Bonchev–Trinajstić information content (AvgIpc) is 3.00. The molecule has 0 unspecified atom stereocenters. The number of rotatable bonds is 3. The molecule has 4 nitrogen and oxygen atoms in total. The summed E-state index contributed by atoms with van der Waals surface area (Å²) in [4.78, 5) is 23.5. The third-order valence-electron chi connectivity index (χ3n) is 4.54. The molecule has 2 bridgehead atoms. The molecule has 2 N–H and O–H groups in total. The molecule has 0 heterocycles. The van der Waals surface area contributed by atoms with Crippen molar-refractivity contribution in [1.29, 1.82) is 0 Å². The van der Waals surface area contributed by atoms with E-state index < -0.39 is 11.9 Å². The fourth-order valence-electron chi connectivity index (χ4n) is 3.68. The van der Waals surface area contributed by atoms with Crippen molar-refractivity contribution in [2.75, 3.05) is 0 Å². The molecule has 1 aromatic rings. The van der Waals surface area contributed by atoms with Crippen LogP contribution < -0.4 is 5.32 Å². The normalized spacial score (nSPS) is 32.2. The van der Waals surface area contributed by atoms with Gasteiger partial charge in [0.1, 0.15) is 0 Å². The summed E-state index contributed by atoms with van der Waals surface area (Å²) >= 11 is 0. The Hall–Kier alpha value is -1.84. The minimum atomic E-state index is -0.773. The minimum absolute atomic E-state index is 0.163. The molecule has 2 fully saturated rings. The predicted molar refractivity (Wildman–Crippen MR) is 69.7 cm³/mol. The summed E-state index contributed by atoms with van der Waals surface area (Å²) in [6.45, 7) is 0. The first-order valence-electron chi connectivity index (χ1n) is 6.75. The second kappa shape index (κ2) is 4.68. The van der Waals surface area contributed by atoms with E-state index >= 15 is 0 Å². The molecule has 4 heteroatoms. The first kappa shape index (κ1) is 12.2. The summed E-state index contributed by atoms with van der Waals surface area (Å²) in [7, 11) is 0. The molecule has 0 radical (unpaired) electrons. The van der Waals surface area contributed by atoms with E-state index in [1.54, 1.807) is 12.1 Å². The van der Waals surface area contributed by atoms with Gasteiger partial charge in [-0.15, -0.1) is 0 Å². The Labute approximate surface area is 111 Å². The SMILES string of the molecule is O=C(N[C@H]1[C@H]2CC[C@@H](C2)[C@@H]1C(=O)O)c1ccccc1. The highest BCUT2D eigenvalue weighted by Gasteiger charge is 2.51. The lowest BCUT2D eigenvalue weighted by molar-refractivity contribution is -0.144. The molecular weight excluding hydrogens is 242 g/mol. The van der Waals surface area contributed by atoms with Crippen LogP contribution in [0, 0.1) is 17.8 Å². The van der Waals surface area contributed by atoms with Crippen molar-refractivity contribution in [3.8, 4) is 0 Å². The molecule has 3 rings (SSSR count). The predicted octanol–water partition coefficient (Wildman–Crippen LogP) is 1.92. The number of carbonyl (C=O) groups is 2. The first-order valence-corrected chi connectivity index (χ1v) is 6.75. The molecule has 2 saturated carbocycles. The van der Waals surface area contributed by atoms with Gasteiger partial charge in [0.15, 0.2) is 0 Å². The summed E-state index contributed by atoms with van der Waals surface area (Å²) < 4.78 is 0. The standard InChI is InChI=1S/C15H17NO3/c17-14(9-4-2-1-3-5-9)16-13-11-7-6-10(8-11)12(13)15(18)19/h1-5,10-13H,6-8H2,(H,16,17)(H,18,19)/t10-,11-,12-,13-/m0/s1. The lowest BCUT2D eigenvalue weighted by Crippen LogP contribution is -2.46. The molecule has 100 valence electrons. The highest BCUT2D eigenvalue weighted by atomic mass is 16.4. The number of carbonyl (C=O) groups excluding carboxylic acids is 1. The zero-order valence-corrected chi connectivity index (χ0v) is 10.6. The molecule has 2 aliphatic rings. The number of amides is 1. The molecule has 19 heavy (non-hydrogen) atoms. The number of fused-ring (bicyclic) bond motifs is 2. The molecule has 0 saturated heterocycles. The van der Waals surface area contributed by atoms with Crippen LogP contribution in [0.1, 0.15) is 29.6 Å². The Morgan fingerprint density at radius 2 is 1.79 bits per heavy atom. The quantitative estimate of drug-likeness (QED) is 0.871. The van der Waals surface area contributed by atoms with Crippen LogP contribution in [0.2, 0.25) is 0 Å². The van der Waals surface area contributed by atoms with Gasteiger partial charge in [0, 0.05) is 11.6 Å². The minimum Gasteiger partial charge on any atom is -0.481 e. The van der Waals surface area contributed by atoms with Crippen LogP contribution in [0.5, 0.6) is 0 Å². The molecule has 2 aliphatic carbocycles. The van der Waals surface area contributed by atoms with Gasteiger partial charge in [0.05, 0.1) is 5.92 Å². The van der Waals surface area contributed by atoms with Gasteiger partial charge in [-0.05, 0) is 43.2 Å². The summed E-state index contributed by atoms with van der Waals surface area (Å²) in [6, 6.07) is 8.77. The van der Waals surface area contributed by atoms with Crippen LogP contribution in [0.15, 0.2) is 30.3 Å². The number of hydrogen-bond donors (Lipinski definition) is 2. The van der Waals surface area contributed by atoms with Gasteiger partial charge >= 0.3 is 5.97 Å². The molecule has 0 aliphatic heterocycles. The summed E-state index contributed by atoms with van der Waals surface area (Å²) in [6.07, 6.45) is 2.96. The zero-order chi connectivity index (χ0) is 13.4. The van der Waals surface area contributed by atoms with E-state index in [1.807, 2.05) is 18.2 Å². The first-order chi connectivity index (χ1) is 9.16. The van der Waals surface area contributed by atoms with Gasteiger partial charge in [0.2, 0.25) is 0 Å². The maximum Gasteiger partial charge on any atom is 0.308 e. The van der Waals surface area contributed by atoms with Crippen molar-refractivity contribution < 1.29 is 14.7 Å². The second-order valence-electron chi connectivity index (χ2n) is 5.56. The highest BCUT2D eigenvalue weighted by molar-refractivity contribution is 5.94. The van der Waals surface area contributed by atoms with Crippen LogP contribution in [0.4, 0.5) is 0 Å². The fourth-order valence-corrected chi connectivity index (χ4v) is 3.68. The van der Waals surface area contributed by atoms with Gasteiger partial charge in [-0.3, -0.25) is 9.59 Å². The van der Waals surface area contributed by atoms with Crippen LogP contribution in [0.3, 0.4) is 0 Å². The van der Waals surface area contributed by atoms with E-state index in [4.69, 9.17) is 0 Å². The number of aliphatic carboxylic acids is 1. The largest absolute Gasteiger partial charge is 0.481 e. The number of carboxylic acid groups (broad SMARTS) is 1. The second-order valence-corrected chi connectivity index (χ2v) is 5.56. The van der Waals surface area contributed by atoms with E-state index in [9.17, 15) is 14.7 Å². The topological polar surface area (TPSA) is 66.4 Å². The third-order valence-corrected chi connectivity index (χ3v) is 4.54. The zero-order valence-electron chi connectivity index (χ0n) is 10.6. The van der Waals surface area contributed by atoms with Crippen molar-refractivity contribution >= 4 is 11.9 Å². The molecule has 1 aromatic carbocycles. The van der Waals surface area contributed by atoms with Crippen molar-refractivity contribution in [2.24, 2.45) is 17.8 Å². The van der Waals surface area contributed by atoms with Crippen LogP contribution in [-0.4, -0.2) is 23.0 Å². The number of nitrogens with one attached hydrogen (secondary N) is 1. The third kappa shape index (κ3) is 2.11. The number of hydrogen-bond acceptors (Lipinski definition) is 2. The van der Waals surface area contributed by atoms with Crippen molar-refractivity contribution in [1.82, 2.24) is 5.32 Å². The monoisotopic (exact) mass is 259 g/mol. The molecular formula is C15H17NO3. The van der Waals surface area contributed by atoms with Crippen molar-refractivity contribution in [3.63, 3.8) is 0 Å². The number of benzene rings is 1. The van der Waals surface area contributed by atoms with Crippen molar-refractivity contribution in [3.05, 3.63) is 35.9 Å². The van der Waals surface area contributed by atoms with Gasteiger partial charge in [-0.2, -0.15) is 0 Å². The van der Waals surface area contributed by atoms with Gasteiger partial charge in [-0.1, -0.05) is 18.2 Å². The maximum absolute atomic E-state index is 12.1. The van der Waals surface area contributed by atoms with E-state index in [2.05, 4.69) is 5.32 Å². The Kier molecular flexibility index (Phi) is 3.01. The van der Waals surface area contributed by atoms with Crippen LogP contribution in [-0.2, 0) is 4.79 Å². The van der Waals surface area contributed by atoms with Crippen LogP contribution >= 0.6 is 0 Å². The lowest BCUT2D eigenvalue weighted by atomic mass is 9.84. The summed E-state index contributed by atoms with van der Waals surface area (Å²) in [5.74, 6) is -0.774. The highest BCUT2D eigenvalue weighted by Crippen LogP contribution is 2.48. The Morgan fingerprint density at radius 3 is 2.47 bits per heavy atom. The molecule has 1 amide bonds. The summed E-state index contributed by atoms with van der Waals surface area (Å²) in [5, 5.41) is 12.3. The van der Waals surface area contributed by atoms with Gasteiger partial charge in [-0.25, -0.2) is 0 Å². The fraction of sp³-hybridized carbons (Fsp3) is 0.467. The van der Waals surface area contributed by atoms with Crippen molar-refractivity contribution in [2.45, 2.75) is 25.3 Å². The Bertz CT molecular complexity index is 499. The van der Waals surface area contributed by atoms with Gasteiger partial charge in [0.25, 0.3) is 5.91 Å². The van der Waals surface area contributed by atoms with E-state index in [-0.39, 0.29) is 17.9 Å². The van der Waals surface area contributed by atoms with E-state index in [0.717, 1.165) is 19.3 Å². The molecule has 0 spiro atoms. The van der Waals surface area contributed by atoms with E-state index in [0.29, 0.717) is 11.5 Å². The van der Waals surface area contributed by atoms with E-state index in [1.165, 1.54) is 0 Å². The smallest absolute Gasteiger partial charge is 0.308 e. The van der Waals surface area contributed by atoms with Gasteiger partial charge < -0.3 is 10.4 Å². The van der Waals surface area contributed by atoms with Crippen LogP contribution in [0.25, 0.3) is 0 Å².